The van der Waals surface area contributed by atoms with Crippen molar-refractivity contribution in [2.45, 2.75) is 6.42 Å². The van der Waals surface area contributed by atoms with Crippen LogP contribution in [0.5, 0.6) is 0 Å². The second-order valence-corrected chi connectivity index (χ2v) is 8.47. The number of nitrogens with zero attached hydrogens (tertiary/aromatic N) is 1. The highest BCUT2D eigenvalue weighted by atomic mass is 79.9. The molecule has 0 radical (unpaired) electrons. The van der Waals surface area contributed by atoms with Crippen molar-refractivity contribution >= 4 is 44.7 Å². The number of nitro benzene ring substituents is 1. The topological polar surface area (TPSA) is 86.5 Å². The monoisotopic (exact) mass is 483 g/mol. The molecule has 30 heavy (non-hydrogen) atoms. The fraction of sp³-hybridized carbons (Fsp3) is 0.0909. The second kappa shape index (κ2) is 9.48. The maximum Gasteiger partial charge on any atom is 0.310 e. The number of benzene rings is 2. The molecule has 0 bridgehead atoms. The summed E-state index contributed by atoms with van der Waals surface area (Å²) in [7, 11) is 1.29. The average molecular weight is 484 g/mol. The number of esters is 1. The van der Waals surface area contributed by atoms with E-state index in [0.29, 0.717) is 14.2 Å². The first kappa shape index (κ1) is 21.4. The smallest absolute Gasteiger partial charge is 0.310 e. The van der Waals surface area contributed by atoms with E-state index in [1.165, 1.54) is 25.3 Å². The van der Waals surface area contributed by atoms with Gasteiger partial charge in [0.1, 0.15) is 5.56 Å². The summed E-state index contributed by atoms with van der Waals surface area (Å²) < 4.78 is 5.28. The Morgan fingerprint density at radius 3 is 2.53 bits per heavy atom. The van der Waals surface area contributed by atoms with Gasteiger partial charge >= 0.3 is 5.97 Å². The van der Waals surface area contributed by atoms with Crippen LogP contribution in [0.15, 0.2) is 58.4 Å². The van der Waals surface area contributed by atoms with Crippen LogP contribution in [0.3, 0.4) is 0 Å². The van der Waals surface area contributed by atoms with E-state index in [4.69, 9.17) is 0 Å². The minimum atomic E-state index is -0.557. The van der Waals surface area contributed by atoms with Gasteiger partial charge in [-0.1, -0.05) is 30.0 Å². The standard InChI is InChI=1S/C22H14BrNO5S/c1-29-20(25)13-17-12-19(30-22(17)23)21(26)16-10-9-15(18(11-16)24(27)28)8-7-14-5-3-2-4-6-14/h2-6,9-12H,13H2,1H3. The van der Waals surface area contributed by atoms with E-state index in [9.17, 15) is 19.7 Å². The Morgan fingerprint density at radius 2 is 1.87 bits per heavy atom. The molecule has 0 saturated carbocycles. The molecule has 6 nitrogen and oxygen atoms in total. The van der Waals surface area contributed by atoms with Crippen LogP contribution in [0.25, 0.3) is 0 Å². The van der Waals surface area contributed by atoms with Crippen molar-refractivity contribution in [1.82, 2.24) is 0 Å². The van der Waals surface area contributed by atoms with E-state index < -0.39 is 10.9 Å². The number of ether oxygens (including phenoxy) is 1. The molecule has 0 aliphatic carbocycles. The van der Waals surface area contributed by atoms with Crippen LogP contribution < -0.4 is 0 Å². The van der Waals surface area contributed by atoms with Gasteiger partial charge in [-0.3, -0.25) is 19.7 Å². The Labute approximate surface area is 184 Å². The van der Waals surface area contributed by atoms with Crippen molar-refractivity contribution in [2.24, 2.45) is 0 Å². The highest BCUT2D eigenvalue weighted by Gasteiger charge is 2.21. The summed E-state index contributed by atoms with van der Waals surface area (Å²) in [4.78, 5) is 35.7. The van der Waals surface area contributed by atoms with E-state index >= 15 is 0 Å². The zero-order valence-corrected chi connectivity index (χ0v) is 18.1. The molecule has 3 rings (SSSR count). The Hall–Kier alpha value is -3.28. The summed E-state index contributed by atoms with van der Waals surface area (Å²) in [5.74, 6) is 4.88. The molecular formula is C22H14BrNO5S. The largest absolute Gasteiger partial charge is 0.469 e. The number of halogens is 1. The molecule has 0 aliphatic rings. The summed E-state index contributed by atoms with van der Waals surface area (Å²) in [6.07, 6.45) is 0.0228. The zero-order valence-electron chi connectivity index (χ0n) is 15.7. The van der Waals surface area contributed by atoms with E-state index in [1.807, 2.05) is 18.2 Å². The normalized spacial score (nSPS) is 10.1. The van der Waals surface area contributed by atoms with E-state index in [-0.39, 0.29) is 29.0 Å². The van der Waals surface area contributed by atoms with Gasteiger partial charge in [0.15, 0.2) is 0 Å². The number of hydrogen-bond acceptors (Lipinski definition) is 6. The van der Waals surface area contributed by atoms with E-state index in [1.54, 1.807) is 18.2 Å². The van der Waals surface area contributed by atoms with Gasteiger partial charge < -0.3 is 4.74 Å². The Morgan fingerprint density at radius 1 is 1.13 bits per heavy atom. The Balaban J connectivity index is 1.92. The SMILES string of the molecule is COC(=O)Cc1cc(C(=O)c2ccc(C#Cc3ccccc3)c([N+](=O)[O-])c2)sc1Br. The maximum absolute atomic E-state index is 12.8. The third-order valence-corrected chi connectivity index (χ3v) is 6.07. The van der Waals surface area contributed by atoms with Gasteiger partial charge in [0, 0.05) is 17.2 Å². The lowest BCUT2D eigenvalue weighted by Crippen LogP contribution is -2.04. The van der Waals surface area contributed by atoms with Crippen LogP contribution >= 0.6 is 27.3 Å². The molecule has 0 N–H and O–H groups in total. The van der Waals surface area contributed by atoms with Gasteiger partial charge in [-0.15, -0.1) is 11.3 Å². The van der Waals surface area contributed by atoms with Crippen LogP contribution in [0.4, 0.5) is 5.69 Å². The minimum absolute atomic E-state index is 0.0228. The van der Waals surface area contributed by atoms with Gasteiger partial charge in [-0.2, -0.15) is 0 Å². The summed E-state index contributed by atoms with van der Waals surface area (Å²) in [6, 6.07) is 14.9. The first-order valence-corrected chi connectivity index (χ1v) is 10.2. The van der Waals surface area contributed by atoms with E-state index in [0.717, 1.165) is 16.9 Å². The molecule has 0 aliphatic heterocycles. The Kier molecular flexibility index (Phi) is 6.77. The van der Waals surface area contributed by atoms with Gasteiger partial charge in [-0.25, -0.2) is 0 Å². The molecule has 0 spiro atoms. The van der Waals surface area contributed by atoms with Crippen molar-refractivity contribution in [2.75, 3.05) is 7.11 Å². The van der Waals surface area contributed by atoms with Crippen molar-refractivity contribution in [3.8, 4) is 11.8 Å². The summed E-state index contributed by atoms with van der Waals surface area (Å²) in [5, 5.41) is 11.5. The molecule has 8 heteroatoms. The number of methoxy groups -OCH3 is 1. The van der Waals surface area contributed by atoms with Gasteiger partial charge in [0.05, 0.1) is 27.1 Å². The van der Waals surface area contributed by atoms with Crippen LogP contribution in [0, 0.1) is 22.0 Å². The molecule has 0 amide bonds. The van der Waals surface area contributed by atoms with Crippen molar-refractivity contribution in [3.05, 3.63) is 95.6 Å². The fourth-order valence-corrected chi connectivity index (χ4v) is 4.24. The first-order chi connectivity index (χ1) is 14.4. The predicted molar refractivity (Wildman–Crippen MR) is 117 cm³/mol. The van der Waals surface area contributed by atoms with Gasteiger partial charge in [0.2, 0.25) is 5.78 Å². The molecule has 1 aromatic heterocycles. The molecular weight excluding hydrogens is 470 g/mol. The minimum Gasteiger partial charge on any atom is -0.469 e. The summed E-state index contributed by atoms with van der Waals surface area (Å²) >= 11 is 4.50. The molecule has 0 unspecified atom stereocenters. The van der Waals surface area contributed by atoms with Crippen LogP contribution in [-0.2, 0) is 16.0 Å². The lowest BCUT2D eigenvalue weighted by molar-refractivity contribution is -0.385. The highest BCUT2D eigenvalue weighted by Crippen LogP contribution is 2.31. The predicted octanol–water partition coefficient (Wildman–Crippen LogP) is 4.77. The molecule has 0 atom stereocenters. The number of rotatable bonds is 5. The molecule has 2 aromatic carbocycles. The molecule has 1 heterocycles. The van der Waals surface area contributed by atoms with Crippen LogP contribution in [-0.4, -0.2) is 23.8 Å². The van der Waals surface area contributed by atoms with Crippen molar-refractivity contribution in [3.63, 3.8) is 0 Å². The Bertz CT molecular complexity index is 1190. The number of thiophene rings is 1. The quantitative estimate of drug-likeness (QED) is 0.171. The number of nitro groups is 1. The first-order valence-electron chi connectivity index (χ1n) is 8.64. The van der Waals surface area contributed by atoms with Crippen LogP contribution in [0.1, 0.15) is 31.9 Å². The van der Waals surface area contributed by atoms with Crippen LogP contribution in [0.2, 0.25) is 0 Å². The summed E-state index contributed by atoms with van der Waals surface area (Å²) in [5.41, 5.74) is 1.50. The second-order valence-electron chi connectivity index (χ2n) is 6.10. The van der Waals surface area contributed by atoms with Gasteiger partial charge in [0.25, 0.3) is 5.69 Å². The maximum atomic E-state index is 12.8. The number of carbonyl (C=O) groups excluding carboxylic acids is 2. The van der Waals surface area contributed by atoms with Crippen molar-refractivity contribution < 1.29 is 19.2 Å². The zero-order chi connectivity index (χ0) is 21.7. The number of ketones is 1. The van der Waals surface area contributed by atoms with Gasteiger partial charge in [-0.05, 0) is 51.8 Å². The van der Waals surface area contributed by atoms with E-state index in [2.05, 4.69) is 32.5 Å². The third-order valence-electron chi connectivity index (χ3n) is 4.12. The molecule has 0 fully saturated rings. The lowest BCUT2D eigenvalue weighted by Gasteiger charge is -2.01. The molecule has 0 saturated heterocycles. The molecule has 150 valence electrons. The fourth-order valence-electron chi connectivity index (χ4n) is 2.60. The molecule has 3 aromatic rings. The number of carbonyl (C=O) groups is 2. The lowest BCUT2D eigenvalue weighted by atomic mass is 10.0. The highest BCUT2D eigenvalue weighted by molar-refractivity contribution is 9.11. The average Bonchev–Trinajstić information content (AvgIpc) is 3.12. The summed E-state index contributed by atoms with van der Waals surface area (Å²) in [6.45, 7) is 0. The third kappa shape index (κ3) is 5.00. The van der Waals surface area contributed by atoms with Crippen molar-refractivity contribution in [1.29, 1.82) is 0 Å². The number of hydrogen-bond donors (Lipinski definition) is 0.